The first-order valence-corrected chi connectivity index (χ1v) is 4.95. The zero-order valence-electron chi connectivity index (χ0n) is 8.47. The lowest BCUT2D eigenvalue weighted by Gasteiger charge is -2.33. The summed E-state index contributed by atoms with van der Waals surface area (Å²) in [5.74, 6) is 0.135. The van der Waals surface area contributed by atoms with Crippen LogP contribution in [0.15, 0.2) is 0 Å². The van der Waals surface area contributed by atoms with Gasteiger partial charge >= 0.3 is 0 Å². The van der Waals surface area contributed by atoms with E-state index in [4.69, 9.17) is 0 Å². The van der Waals surface area contributed by atoms with Crippen molar-refractivity contribution >= 4 is 5.91 Å². The average molecular weight is 185 g/mol. The summed E-state index contributed by atoms with van der Waals surface area (Å²) in [6.07, 6.45) is 0. The molecule has 1 amide bonds. The van der Waals surface area contributed by atoms with Crippen LogP contribution in [-0.2, 0) is 4.79 Å². The number of nitrogens with zero attached hydrogens (tertiary/aromatic N) is 1. The second-order valence-corrected chi connectivity index (χ2v) is 3.48. The molecule has 0 unspecified atom stereocenters. The minimum atomic E-state index is 0.135. The van der Waals surface area contributed by atoms with E-state index in [9.17, 15) is 4.79 Å². The molecule has 1 fully saturated rings. The van der Waals surface area contributed by atoms with Crippen LogP contribution >= 0.6 is 0 Å². The zero-order valence-corrected chi connectivity index (χ0v) is 8.47. The van der Waals surface area contributed by atoms with Crippen molar-refractivity contribution in [1.29, 1.82) is 0 Å². The molecule has 2 N–H and O–H groups in total. The Bertz CT molecular complexity index is 172. The van der Waals surface area contributed by atoms with Crippen molar-refractivity contribution in [2.45, 2.75) is 19.9 Å². The van der Waals surface area contributed by atoms with Crippen molar-refractivity contribution < 1.29 is 4.79 Å². The molecule has 4 nitrogen and oxygen atoms in total. The van der Waals surface area contributed by atoms with E-state index in [-0.39, 0.29) is 5.91 Å². The molecule has 0 saturated carbocycles. The Balaban J connectivity index is 2.29. The molecule has 1 aliphatic heterocycles. The van der Waals surface area contributed by atoms with Gasteiger partial charge in [-0.05, 0) is 13.8 Å². The fourth-order valence-electron chi connectivity index (χ4n) is 1.56. The number of hydrogen-bond donors (Lipinski definition) is 2. The fourth-order valence-corrected chi connectivity index (χ4v) is 1.56. The molecule has 0 aromatic carbocycles. The number of rotatable bonds is 3. The number of hydrogen-bond acceptors (Lipinski definition) is 3. The topological polar surface area (TPSA) is 44.4 Å². The summed E-state index contributed by atoms with van der Waals surface area (Å²) in [6.45, 7) is 8.29. The molecule has 0 radical (unpaired) electrons. The van der Waals surface area contributed by atoms with Gasteiger partial charge in [0.05, 0.1) is 6.54 Å². The van der Waals surface area contributed by atoms with Crippen LogP contribution in [0.5, 0.6) is 0 Å². The summed E-state index contributed by atoms with van der Waals surface area (Å²) >= 11 is 0. The van der Waals surface area contributed by atoms with Crippen LogP contribution in [0.3, 0.4) is 0 Å². The molecule has 1 atom stereocenters. The quantitative estimate of drug-likeness (QED) is 0.618. The van der Waals surface area contributed by atoms with Gasteiger partial charge in [0, 0.05) is 32.2 Å². The van der Waals surface area contributed by atoms with Gasteiger partial charge in [-0.15, -0.1) is 0 Å². The maximum Gasteiger partial charge on any atom is 0.234 e. The van der Waals surface area contributed by atoms with Gasteiger partial charge in [0.25, 0.3) is 0 Å². The maximum atomic E-state index is 11.3. The summed E-state index contributed by atoms with van der Waals surface area (Å²) in [4.78, 5) is 13.5. The van der Waals surface area contributed by atoms with Crippen molar-refractivity contribution in [2.24, 2.45) is 0 Å². The Hall–Kier alpha value is -0.610. The van der Waals surface area contributed by atoms with Crippen molar-refractivity contribution in [3.05, 3.63) is 0 Å². The minimum Gasteiger partial charge on any atom is -0.355 e. The number of carbonyl (C=O) groups is 1. The van der Waals surface area contributed by atoms with E-state index in [2.05, 4.69) is 22.5 Å². The van der Waals surface area contributed by atoms with Crippen molar-refractivity contribution in [3.63, 3.8) is 0 Å². The third kappa shape index (κ3) is 3.32. The smallest absolute Gasteiger partial charge is 0.234 e. The van der Waals surface area contributed by atoms with Crippen LogP contribution in [0.1, 0.15) is 13.8 Å². The van der Waals surface area contributed by atoms with Crippen LogP contribution in [0, 0.1) is 0 Å². The van der Waals surface area contributed by atoms with Crippen LogP contribution in [-0.4, -0.2) is 49.6 Å². The molecule has 0 aromatic heterocycles. The normalized spacial score (nSPS) is 24.3. The third-order valence-corrected chi connectivity index (χ3v) is 2.36. The molecule has 1 rings (SSSR count). The van der Waals surface area contributed by atoms with Gasteiger partial charge in [-0.2, -0.15) is 0 Å². The first-order chi connectivity index (χ1) is 6.24. The van der Waals surface area contributed by atoms with Gasteiger partial charge < -0.3 is 10.6 Å². The SMILES string of the molecule is CCNC(=O)CN1CCNC[C@H]1C. The summed E-state index contributed by atoms with van der Waals surface area (Å²) in [7, 11) is 0. The second-order valence-electron chi connectivity index (χ2n) is 3.48. The average Bonchev–Trinajstić information content (AvgIpc) is 2.09. The molecule has 1 saturated heterocycles. The second kappa shape index (κ2) is 5.19. The molecule has 0 aromatic rings. The van der Waals surface area contributed by atoms with Crippen molar-refractivity contribution in [1.82, 2.24) is 15.5 Å². The fraction of sp³-hybridized carbons (Fsp3) is 0.889. The summed E-state index contributed by atoms with van der Waals surface area (Å²) < 4.78 is 0. The lowest BCUT2D eigenvalue weighted by Crippen LogP contribution is -2.52. The Morgan fingerprint density at radius 2 is 2.46 bits per heavy atom. The molecule has 0 bridgehead atoms. The number of carbonyl (C=O) groups excluding carboxylic acids is 1. The molecule has 0 spiro atoms. The van der Waals surface area contributed by atoms with E-state index in [1.165, 1.54) is 0 Å². The maximum absolute atomic E-state index is 11.3. The third-order valence-electron chi connectivity index (χ3n) is 2.36. The molecular formula is C9H19N3O. The Labute approximate surface area is 79.7 Å². The van der Waals surface area contributed by atoms with Gasteiger partial charge in [-0.25, -0.2) is 0 Å². The monoisotopic (exact) mass is 185 g/mol. The van der Waals surface area contributed by atoms with Crippen LogP contribution in [0.2, 0.25) is 0 Å². The number of likely N-dealkylation sites (N-methyl/N-ethyl adjacent to an activating group) is 1. The molecule has 1 aliphatic rings. The zero-order chi connectivity index (χ0) is 9.68. The number of nitrogens with one attached hydrogen (secondary N) is 2. The van der Waals surface area contributed by atoms with Gasteiger partial charge in [0.2, 0.25) is 5.91 Å². The van der Waals surface area contributed by atoms with Gasteiger partial charge in [-0.3, -0.25) is 9.69 Å². The highest BCUT2D eigenvalue weighted by Crippen LogP contribution is 2.00. The van der Waals surface area contributed by atoms with Crippen molar-refractivity contribution in [3.8, 4) is 0 Å². The summed E-state index contributed by atoms with van der Waals surface area (Å²) in [5, 5.41) is 6.11. The van der Waals surface area contributed by atoms with E-state index >= 15 is 0 Å². The van der Waals surface area contributed by atoms with Crippen LogP contribution in [0.25, 0.3) is 0 Å². The number of amides is 1. The Morgan fingerprint density at radius 1 is 1.69 bits per heavy atom. The Morgan fingerprint density at radius 3 is 3.08 bits per heavy atom. The summed E-state index contributed by atoms with van der Waals surface area (Å²) in [5.41, 5.74) is 0. The molecular weight excluding hydrogens is 166 g/mol. The highest BCUT2D eigenvalue weighted by molar-refractivity contribution is 5.77. The number of piperazine rings is 1. The Kier molecular flexibility index (Phi) is 4.18. The lowest BCUT2D eigenvalue weighted by atomic mass is 10.2. The first-order valence-electron chi connectivity index (χ1n) is 4.95. The predicted molar refractivity (Wildman–Crippen MR) is 52.6 cm³/mol. The largest absolute Gasteiger partial charge is 0.355 e. The standard InChI is InChI=1S/C9H19N3O/c1-3-11-9(13)7-12-5-4-10-6-8(12)2/h8,10H,3-7H2,1-2H3,(H,11,13)/t8-/m1/s1. The minimum absolute atomic E-state index is 0.135. The highest BCUT2D eigenvalue weighted by atomic mass is 16.2. The predicted octanol–water partition coefficient (Wildman–Crippen LogP) is -0.584. The summed E-state index contributed by atoms with van der Waals surface area (Å²) in [6, 6.07) is 0.469. The van der Waals surface area contributed by atoms with Gasteiger partial charge in [-0.1, -0.05) is 0 Å². The lowest BCUT2D eigenvalue weighted by molar-refractivity contribution is -0.122. The van der Waals surface area contributed by atoms with E-state index in [1.54, 1.807) is 0 Å². The van der Waals surface area contributed by atoms with Gasteiger partial charge in [0.1, 0.15) is 0 Å². The first kappa shape index (κ1) is 10.5. The van der Waals surface area contributed by atoms with Crippen LogP contribution < -0.4 is 10.6 Å². The molecule has 13 heavy (non-hydrogen) atoms. The van der Waals surface area contributed by atoms with Crippen molar-refractivity contribution in [2.75, 3.05) is 32.7 Å². The van der Waals surface area contributed by atoms with Gasteiger partial charge in [0.15, 0.2) is 0 Å². The molecule has 4 heteroatoms. The molecule has 0 aliphatic carbocycles. The van der Waals surface area contributed by atoms with E-state index < -0.39 is 0 Å². The van der Waals surface area contributed by atoms with E-state index in [1.807, 2.05) is 6.92 Å². The molecule has 1 heterocycles. The van der Waals surface area contributed by atoms with E-state index in [0.29, 0.717) is 12.6 Å². The van der Waals surface area contributed by atoms with E-state index in [0.717, 1.165) is 26.2 Å². The van der Waals surface area contributed by atoms with Crippen LogP contribution in [0.4, 0.5) is 0 Å². The highest BCUT2D eigenvalue weighted by Gasteiger charge is 2.19. The molecule has 76 valence electrons.